The molecule has 2 fully saturated rings. The zero-order valence-corrected chi connectivity index (χ0v) is 30.9. The molecule has 3 aliphatic rings. The maximum Gasteiger partial charge on any atom is 0.410 e. The van der Waals surface area contributed by atoms with Gasteiger partial charge in [0.15, 0.2) is 5.60 Å². The lowest BCUT2D eigenvalue weighted by Crippen LogP contribution is -2.54. The highest BCUT2D eigenvalue weighted by Gasteiger charge is 2.45. The summed E-state index contributed by atoms with van der Waals surface area (Å²) in [4.78, 5) is 60.5. The van der Waals surface area contributed by atoms with E-state index in [1.807, 2.05) is 48.8 Å². The van der Waals surface area contributed by atoms with E-state index in [4.69, 9.17) is 9.47 Å². The van der Waals surface area contributed by atoms with Crippen molar-refractivity contribution >= 4 is 35.2 Å². The van der Waals surface area contributed by atoms with Crippen LogP contribution in [0.25, 0.3) is 0 Å². The molecule has 0 radical (unpaired) electrons. The number of fused-ring (bicyclic) bond motifs is 1. The van der Waals surface area contributed by atoms with Gasteiger partial charge in [0.2, 0.25) is 11.8 Å². The van der Waals surface area contributed by atoms with Crippen LogP contribution in [0.3, 0.4) is 0 Å². The van der Waals surface area contributed by atoms with Crippen LogP contribution in [0.4, 0.5) is 16.2 Å². The lowest BCUT2D eigenvalue weighted by Gasteiger charge is -2.41. The number of unbranched alkanes of at least 4 members (excludes halogenated alkanes) is 2. The van der Waals surface area contributed by atoms with E-state index in [2.05, 4.69) is 33.0 Å². The van der Waals surface area contributed by atoms with Crippen LogP contribution >= 0.6 is 0 Å². The van der Waals surface area contributed by atoms with Crippen LogP contribution in [0.15, 0.2) is 18.2 Å². The van der Waals surface area contributed by atoms with E-state index in [-0.39, 0.29) is 42.9 Å². The van der Waals surface area contributed by atoms with Gasteiger partial charge < -0.3 is 29.5 Å². The monoisotopic (exact) mass is 668 g/mol. The van der Waals surface area contributed by atoms with Gasteiger partial charge >= 0.3 is 6.09 Å². The van der Waals surface area contributed by atoms with E-state index in [1.165, 1.54) is 0 Å². The number of carbonyl (C=O) groups is 4. The van der Waals surface area contributed by atoms with Crippen LogP contribution in [-0.4, -0.2) is 71.6 Å². The predicted molar refractivity (Wildman–Crippen MR) is 189 cm³/mol. The molecular formula is C38H60N4O6. The summed E-state index contributed by atoms with van der Waals surface area (Å²) in [6.45, 7) is 18.5. The number of anilines is 2. The van der Waals surface area contributed by atoms with Gasteiger partial charge in [0.1, 0.15) is 11.4 Å². The molecule has 1 aromatic rings. The molecule has 1 unspecified atom stereocenters. The van der Waals surface area contributed by atoms with E-state index >= 15 is 0 Å². The molecule has 3 atom stereocenters. The van der Waals surface area contributed by atoms with Gasteiger partial charge in [-0.15, -0.1) is 0 Å². The van der Waals surface area contributed by atoms with Crippen molar-refractivity contribution in [1.82, 2.24) is 10.2 Å². The number of likely N-dealkylation sites (tertiary alicyclic amines) is 1. The van der Waals surface area contributed by atoms with Crippen molar-refractivity contribution in [1.29, 1.82) is 0 Å². The number of rotatable bonds is 13. The predicted octanol–water partition coefficient (Wildman–Crippen LogP) is 7.08. The highest BCUT2D eigenvalue weighted by molar-refractivity contribution is 6.04. The summed E-state index contributed by atoms with van der Waals surface area (Å²) in [7, 11) is 0. The number of ether oxygens (including phenoxy) is 2. The molecule has 48 heavy (non-hydrogen) atoms. The summed E-state index contributed by atoms with van der Waals surface area (Å²) in [6.07, 6.45) is 7.18. The number of carbonyl (C=O) groups excluding carboxylic acids is 4. The van der Waals surface area contributed by atoms with Crippen LogP contribution in [0.5, 0.6) is 5.75 Å². The SMILES string of the molecule is CCCCCN1C(=O)C(C)(C)Oc2ccc(N(C(=O)[C@@H]3C[C@H](C(=O)NC(CCC)CC(C)C)CN(C(=O)OC(C)(C)C)C3)C3CC3)cc21. The molecule has 0 spiro atoms. The van der Waals surface area contributed by atoms with Gasteiger partial charge in [-0.05, 0) is 97.3 Å². The average molecular weight is 669 g/mol. The Bertz CT molecular complexity index is 1320. The second-order valence-corrected chi connectivity index (χ2v) is 16.0. The van der Waals surface area contributed by atoms with Gasteiger partial charge in [-0.25, -0.2) is 4.79 Å². The minimum atomic E-state index is -0.985. The molecule has 2 heterocycles. The Labute approximate surface area is 288 Å². The van der Waals surface area contributed by atoms with Crippen molar-refractivity contribution in [3.05, 3.63) is 18.2 Å². The quantitative estimate of drug-likeness (QED) is 0.225. The van der Waals surface area contributed by atoms with Crippen LogP contribution in [0, 0.1) is 17.8 Å². The van der Waals surface area contributed by atoms with Gasteiger partial charge in [-0.3, -0.25) is 14.4 Å². The number of amides is 4. The van der Waals surface area contributed by atoms with Crippen LogP contribution in [0.2, 0.25) is 0 Å². The first-order valence-corrected chi connectivity index (χ1v) is 18.3. The Morgan fingerprint density at radius 3 is 2.35 bits per heavy atom. The fourth-order valence-electron chi connectivity index (χ4n) is 6.92. The summed E-state index contributed by atoms with van der Waals surface area (Å²) in [5.41, 5.74) is -0.320. The van der Waals surface area contributed by atoms with Gasteiger partial charge in [0.05, 0.1) is 17.5 Å². The molecule has 1 aromatic carbocycles. The van der Waals surface area contributed by atoms with E-state index in [1.54, 1.807) is 18.7 Å². The molecule has 10 nitrogen and oxygen atoms in total. The summed E-state index contributed by atoms with van der Waals surface area (Å²) in [5, 5.41) is 3.26. The van der Waals surface area contributed by atoms with Crippen molar-refractivity contribution in [3.63, 3.8) is 0 Å². The van der Waals surface area contributed by atoms with E-state index < -0.39 is 29.1 Å². The molecule has 4 rings (SSSR count). The van der Waals surface area contributed by atoms with E-state index in [0.29, 0.717) is 36.0 Å². The van der Waals surface area contributed by atoms with Crippen LogP contribution in [-0.2, 0) is 19.1 Å². The molecule has 1 N–H and O–H groups in total. The van der Waals surface area contributed by atoms with Crippen molar-refractivity contribution in [2.75, 3.05) is 29.4 Å². The third-order valence-corrected chi connectivity index (χ3v) is 9.33. The number of nitrogens with one attached hydrogen (secondary N) is 1. The zero-order chi connectivity index (χ0) is 35.4. The standard InChI is InChI=1S/C38H60N4O6/c1-10-12-13-19-41-31-22-30(17-18-32(31)47-38(8,9)35(41)45)42(29-15-16-29)34(44)27-21-26(23-40(24-27)36(46)48-37(5,6)7)33(43)39-28(14-11-2)20-25(3)4/h17-18,22,25-29H,10-16,19-21,23-24H2,1-9H3,(H,39,43)/t26-,27+,28?/m0/s1. The zero-order valence-electron chi connectivity index (χ0n) is 30.9. The maximum absolute atomic E-state index is 14.6. The fraction of sp³-hybridized carbons (Fsp3) is 0.737. The molecule has 1 saturated heterocycles. The van der Waals surface area contributed by atoms with Crippen LogP contribution < -0.4 is 19.9 Å². The molecule has 268 valence electrons. The lowest BCUT2D eigenvalue weighted by molar-refractivity contribution is -0.133. The Balaban J connectivity index is 1.64. The normalized spacial score (nSPS) is 21.3. The number of hydrogen-bond acceptors (Lipinski definition) is 6. The first-order valence-electron chi connectivity index (χ1n) is 18.3. The summed E-state index contributed by atoms with van der Waals surface area (Å²) in [6, 6.07) is 5.73. The average Bonchev–Trinajstić information content (AvgIpc) is 3.83. The number of piperidine rings is 1. The Kier molecular flexibility index (Phi) is 12.1. The maximum atomic E-state index is 14.6. The van der Waals surface area contributed by atoms with Gasteiger partial charge in [-0.1, -0.05) is 47.0 Å². The third kappa shape index (κ3) is 9.44. The Hall–Kier alpha value is -3.30. The largest absolute Gasteiger partial charge is 0.476 e. The summed E-state index contributed by atoms with van der Waals surface area (Å²) >= 11 is 0. The number of benzene rings is 1. The number of hydrogen-bond donors (Lipinski definition) is 1. The van der Waals surface area contributed by atoms with Gasteiger partial charge in [0, 0.05) is 37.4 Å². The topological polar surface area (TPSA) is 108 Å². The van der Waals surface area contributed by atoms with Crippen molar-refractivity contribution in [3.8, 4) is 5.75 Å². The Morgan fingerprint density at radius 1 is 1.06 bits per heavy atom. The summed E-state index contributed by atoms with van der Waals surface area (Å²) in [5.74, 6) is -0.412. The molecule has 1 aliphatic carbocycles. The molecule has 4 amide bonds. The molecular weight excluding hydrogens is 608 g/mol. The van der Waals surface area contributed by atoms with Crippen LogP contribution in [0.1, 0.15) is 120 Å². The minimum Gasteiger partial charge on any atom is -0.476 e. The van der Waals surface area contributed by atoms with E-state index in [0.717, 1.165) is 51.4 Å². The van der Waals surface area contributed by atoms with Gasteiger partial charge in [-0.2, -0.15) is 0 Å². The highest BCUT2D eigenvalue weighted by Crippen LogP contribution is 2.43. The highest BCUT2D eigenvalue weighted by atomic mass is 16.6. The first-order chi connectivity index (χ1) is 22.5. The molecule has 2 aliphatic heterocycles. The molecule has 10 heteroatoms. The Morgan fingerprint density at radius 2 is 1.75 bits per heavy atom. The third-order valence-electron chi connectivity index (χ3n) is 9.33. The summed E-state index contributed by atoms with van der Waals surface area (Å²) < 4.78 is 11.9. The lowest BCUT2D eigenvalue weighted by atomic mass is 9.87. The molecule has 0 aromatic heterocycles. The first kappa shape index (κ1) is 37.5. The van der Waals surface area contributed by atoms with E-state index in [9.17, 15) is 19.2 Å². The fourth-order valence-corrected chi connectivity index (χ4v) is 6.92. The second-order valence-electron chi connectivity index (χ2n) is 16.0. The smallest absolute Gasteiger partial charge is 0.410 e. The van der Waals surface area contributed by atoms with Crippen molar-refractivity contribution in [2.45, 2.75) is 143 Å². The molecule has 0 bridgehead atoms. The van der Waals surface area contributed by atoms with Crippen molar-refractivity contribution < 1.29 is 28.7 Å². The van der Waals surface area contributed by atoms with Crippen molar-refractivity contribution in [2.24, 2.45) is 17.8 Å². The minimum absolute atomic E-state index is 0.0184. The van der Waals surface area contributed by atoms with Gasteiger partial charge in [0.25, 0.3) is 5.91 Å². The molecule has 1 saturated carbocycles. The second kappa shape index (κ2) is 15.5. The number of nitrogens with zero attached hydrogens (tertiary/aromatic N) is 3.